The van der Waals surface area contributed by atoms with E-state index in [1.54, 1.807) is 18.2 Å². The largest absolute Gasteiger partial charge is 0.354 e. The topological polar surface area (TPSA) is 46.1 Å². The highest BCUT2D eigenvalue weighted by atomic mass is 32.2. The normalized spacial score (nSPS) is 17.1. The standard InChI is InChI=1S/C26H22FN3OS/c1-17-20(15-24-25(31)29-26(32-24)28-22-13-7-6-12-21(22)27)19-11-5-8-14-23(19)30(17)16-18-9-3-2-4-10-18/h2-15,26,28H,16H2,1H3,(H,29,31)/b24-15-. The Hall–Kier alpha value is -3.51. The summed E-state index contributed by atoms with van der Waals surface area (Å²) in [7, 11) is 0. The number of hydrogen-bond donors (Lipinski definition) is 2. The van der Waals surface area contributed by atoms with E-state index in [1.807, 2.05) is 36.4 Å². The zero-order valence-electron chi connectivity index (χ0n) is 17.5. The van der Waals surface area contributed by atoms with Gasteiger partial charge in [-0.1, -0.05) is 72.4 Å². The summed E-state index contributed by atoms with van der Waals surface area (Å²) in [6.45, 7) is 2.84. The van der Waals surface area contributed by atoms with Crippen LogP contribution >= 0.6 is 11.8 Å². The Kier molecular flexibility index (Phi) is 5.45. The average molecular weight is 444 g/mol. The number of carbonyl (C=O) groups excluding carboxylic acids is 1. The molecular weight excluding hydrogens is 421 g/mol. The Morgan fingerprint density at radius 3 is 2.56 bits per heavy atom. The summed E-state index contributed by atoms with van der Waals surface area (Å²) in [5.74, 6) is -0.511. The van der Waals surface area contributed by atoms with E-state index in [-0.39, 0.29) is 11.7 Å². The van der Waals surface area contributed by atoms with Gasteiger partial charge >= 0.3 is 0 Å². The van der Waals surface area contributed by atoms with Crippen molar-refractivity contribution in [1.82, 2.24) is 9.88 Å². The van der Waals surface area contributed by atoms with E-state index in [4.69, 9.17) is 0 Å². The molecule has 3 aromatic carbocycles. The number of halogens is 1. The number of nitrogens with zero attached hydrogens (tertiary/aromatic N) is 1. The number of para-hydroxylation sites is 2. The minimum atomic E-state index is -0.427. The van der Waals surface area contributed by atoms with Crippen molar-refractivity contribution >= 4 is 40.3 Å². The van der Waals surface area contributed by atoms with Crippen molar-refractivity contribution in [1.29, 1.82) is 0 Å². The van der Waals surface area contributed by atoms with Gasteiger partial charge in [-0.05, 0) is 36.8 Å². The van der Waals surface area contributed by atoms with Gasteiger partial charge in [-0.15, -0.1) is 0 Å². The summed E-state index contributed by atoms with van der Waals surface area (Å²) in [5.41, 5.74) is 4.41. The molecule has 32 heavy (non-hydrogen) atoms. The maximum atomic E-state index is 14.0. The zero-order valence-corrected chi connectivity index (χ0v) is 18.3. The second kappa shape index (κ2) is 8.55. The van der Waals surface area contributed by atoms with Gasteiger partial charge in [-0.3, -0.25) is 4.79 Å². The van der Waals surface area contributed by atoms with Crippen LogP contribution in [0.25, 0.3) is 17.0 Å². The number of hydrogen-bond acceptors (Lipinski definition) is 3. The number of carbonyl (C=O) groups is 1. The number of fused-ring (bicyclic) bond motifs is 1. The molecule has 4 nitrogen and oxygen atoms in total. The molecule has 0 aliphatic carbocycles. The smallest absolute Gasteiger partial charge is 0.260 e. The third-order valence-corrected chi connectivity index (χ3v) is 6.66. The number of nitrogens with one attached hydrogen (secondary N) is 2. The molecule has 160 valence electrons. The molecule has 4 aromatic rings. The van der Waals surface area contributed by atoms with E-state index < -0.39 is 5.50 Å². The first-order valence-corrected chi connectivity index (χ1v) is 11.3. The van der Waals surface area contributed by atoms with Crippen LogP contribution in [0.2, 0.25) is 0 Å². The molecule has 6 heteroatoms. The average Bonchev–Trinajstić information content (AvgIpc) is 3.28. The lowest BCUT2D eigenvalue weighted by Crippen LogP contribution is -2.31. The van der Waals surface area contributed by atoms with Crippen LogP contribution in [0, 0.1) is 12.7 Å². The molecule has 1 atom stereocenters. The van der Waals surface area contributed by atoms with Crippen molar-refractivity contribution in [2.45, 2.75) is 19.0 Å². The van der Waals surface area contributed by atoms with Crippen molar-refractivity contribution in [3.63, 3.8) is 0 Å². The van der Waals surface area contributed by atoms with Crippen molar-refractivity contribution in [2.75, 3.05) is 5.32 Å². The van der Waals surface area contributed by atoms with Gasteiger partial charge in [0.25, 0.3) is 5.91 Å². The monoisotopic (exact) mass is 443 g/mol. The fraction of sp³-hybridized carbons (Fsp3) is 0.115. The number of rotatable bonds is 5. The van der Waals surface area contributed by atoms with Crippen LogP contribution in [0.15, 0.2) is 83.8 Å². The van der Waals surface area contributed by atoms with Crippen LogP contribution in [-0.4, -0.2) is 16.0 Å². The van der Waals surface area contributed by atoms with Gasteiger partial charge in [0.2, 0.25) is 0 Å². The number of amides is 1. The van der Waals surface area contributed by atoms with Crippen molar-refractivity contribution in [2.24, 2.45) is 0 Å². The molecule has 0 bridgehead atoms. The second-order valence-corrected chi connectivity index (χ2v) is 8.84. The highest BCUT2D eigenvalue weighted by Crippen LogP contribution is 2.34. The maximum Gasteiger partial charge on any atom is 0.260 e. The first-order chi connectivity index (χ1) is 15.6. The lowest BCUT2D eigenvalue weighted by molar-refractivity contribution is -0.116. The first kappa shape index (κ1) is 20.4. The summed E-state index contributed by atoms with van der Waals surface area (Å²) >= 11 is 1.36. The molecule has 2 heterocycles. The quantitative estimate of drug-likeness (QED) is 0.387. The van der Waals surface area contributed by atoms with E-state index in [0.29, 0.717) is 10.6 Å². The van der Waals surface area contributed by atoms with Gasteiger partial charge in [-0.25, -0.2) is 4.39 Å². The SMILES string of the molecule is Cc1c(/C=C2\SC(Nc3ccccc3F)NC2=O)c2ccccc2n1Cc1ccccc1. The summed E-state index contributed by atoms with van der Waals surface area (Å²) in [6.07, 6.45) is 1.95. The summed E-state index contributed by atoms with van der Waals surface area (Å²) in [6, 6.07) is 25.0. The third-order valence-electron chi connectivity index (χ3n) is 5.63. The zero-order chi connectivity index (χ0) is 22.1. The van der Waals surface area contributed by atoms with Crippen LogP contribution in [-0.2, 0) is 11.3 Å². The summed E-state index contributed by atoms with van der Waals surface area (Å²) < 4.78 is 16.3. The van der Waals surface area contributed by atoms with Crippen molar-refractivity contribution in [3.8, 4) is 0 Å². The van der Waals surface area contributed by atoms with Crippen molar-refractivity contribution < 1.29 is 9.18 Å². The van der Waals surface area contributed by atoms with E-state index in [0.717, 1.165) is 28.7 Å². The first-order valence-electron chi connectivity index (χ1n) is 10.4. The van der Waals surface area contributed by atoms with E-state index in [2.05, 4.69) is 46.4 Å². The van der Waals surface area contributed by atoms with Crippen molar-refractivity contribution in [3.05, 3.63) is 106 Å². The highest BCUT2D eigenvalue weighted by molar-refractivity contribution is 8.05. The molecule has 0 radical (unpaired) electrons. The van der Waals surface area contributed by atoms with E-state index in [1.165, 1.54) is 23.4 Å². The number of anilines is 1. The molecule has 1 fully saturated rings. The van der Waals surface area contributed by atoms with Crippen LogP contribution in [0.1, 0.15) is 16.8 Å². The fourth-order valence-electron chi connectivity index (χ4n) is 4.03. The minimum Gasteiger partial charge on any atom is -0.354 e. The van der Waals surface area contributed by atoms with Gasteiger partial charge in [0.05, 0.1) is 10.6 Å². The second-order valence-electron chi connectivity index (χ2n) is 7.69. The molecule has 1 saturated heterocycles. The Morgan fingerprint density at radius 1 is 1.03 bits per heavy atom. The van der Waals surface area contributed by atoms with Crippen LogP contribution in [0.4, 0.5) is 10.1 Å². The summed E-state index contributed by atoms with van der Waals surface area (Å²) in [5, 5.41) is 7.04. The Balaban J connectivity index is 1.48. The maximum absolute atomic E-state index is 14.0. The molecule has 2 N–H and O–H groups in total. The minimum absolute atomic E-state index is 0.164. The molecule has 1 amide bonds. The molecule has 1 unspecified atom stereocenters. The number of benzene rings is 3. The predicted octanol–water partition coefficient (Wildman–Crippen LogP) is 5.74. The molecule has 1 aliphatic rings. The van der Waals surface area contributed by atoms with Crippen LogP contribution in [0.3, 0.4) is 0 Å². The fourth-order valence-corrected chi connectivity index (χ4v) is 4.98. The predicted molar refractivity (Wildman–Crippen MR) is 130 cm³/mol. The van der Waals surface area contributed by atoms with Gasteiger partial charge < -0.3 is 15.2 Å². The van der Waals surface area contributed by atoms with Crippen LogP contribution in [0.5, 0.6) is 0 Å². The van der Waals surface area contributed by atoms with Gasteiger partial charge in [0.15, 0.2) is 5.50 Å². The molecule has 0 saturated carbocycles. The number of aromatic nitrogens is 1. The highest BCUT2D eigenvalue weighted by Gasteiger charge is 2.28. The Bertz CT molecular complexity index is 1330. The third kappa shape index (κ3) is 3.89. The summed E-state index contributed by atoms with van der Waals surface area (Å²) in [4.78, 5) is 13.3. The van der Waals surface area contributed by atoms with Gasteiger partial charge in [0.1, 0.15) is 5.82 Å². The Labute approximate surface area is 190 Å². The molecule has 0 spiro atoms. The van der Waals surface area contributed by atoms with Gasteiger partial charge in [0, 0.05) is 28.7 Å². The van der Waals surface area contributed by atoms with E-state index in [9.17, 15) is 9.18 Å². The lowest BCUT2D eigenvalue weighted by atomic mass is 10.1. The molecular formula is C26H22FN3OS. The van der Waals surface area contributed by atoms with E-state index >= 15 is 0 Å². The molecule has 1 aliphatic heterocycles. The van der Waals surface area contributed by atoms with Gasteiger partial charge in [-0.2, -0.15) is 0 Å². The molecule has 1 aromatic heterocycles. The van der Waals surface area contributed by atoms with Crippen LogP contribution < -0.4 is 10.6 Å². The Morgan fingerprint density at radius 2 is 1.75 bits per heavy atom. The molecule has 5 rings (SSSR count). The lowest BCUT2D eigenvalue weighted by Gasteiger charge is -2.13. The number of thioether (sulfide) groups is 1.